The number of benzene rings is 1. The van der Waals surface area contributed by atoms with Crippen molar-refractivity contribution in [3.8, 4) is 0 Å². The number of nitrogens with one attached hydrogen (secondary N) is 3. The van der Waals surface area contributed by atoms with Crippen LogP contribution in [-0.2, 0) is 9.59 Å². The van der Waals surface area contributed by atoms with E-state index in [1.807, 2.05) is 39.0 Å². The fraction of sp³-hybridized carbons (Fsp3) is 0.586. The lowest BCUT2D eigenvalue weighted by Gasteiger charge is -2.30. The molecule has 1 saturated heterocycles. The number of fused-ring (bicyclic) bond motifs is 1. The summed E-state index contributed by atoms with van der Waals surface area (Å²) in [4.78, 5) is 54.0. The summed E-state index contributed by atoms with van der Waals surface area (Å²) in [5, 5.41) is 9.57. The molecular formula is C29H40N4O5. The van der Waals surface area contributed by atoms with E-state index in [4.69, 9.17) is 4.42 Å². The summed E-state index contributed by atoms with van der Waals surface area (Å²) >= 11 is 0. The molecule has 1 aromatic heterocycles. The first-order chi connectivity index (χ1) is 18.2. The van der Waals surface area contributed by atoms with Gasteiger partial charge in [-0.05, 0) is 57.1 Å². The molecule has 2 fully saturated rings. The van der Waals surface area contributed by atoms with Gasteiger partial charge in [0.15, 0.2) is 11.5 Å². The summed E-state index contributed by atoms with van der Waals surface area (Å²) in [6.07, 6.45) is 6.79. The van der Waals surface area contributed by atoms with Crippen molar-refractivity contribution in [2.24, 2.45) is 5.92 Å². The number of Topliss-reactive ketones (excluding diaryl/α,β-unsaturated/α-hetero) is 1. The van der Waals surface area contributed by atoms with Crippen molar-refractivity contribution in [1.82, 2.24) is 20.9 Å². The molecule has 2 heterocycles. The first-order valence-corrected chi connectivity index (χ1v) is 13.9. The lowest BCUT2D eigenvalue weighted by atomic mass is 9.96. The lowest BCUT2D eigenvalue weighted by molar-refractivity contribution is -0.129. The second kappa shape index (κ2) is 12.5. The van der Waals surface area contributed by atoms with Crippen LogP contribution in [0, 0.1) is 5.92 Å². The molecule has 9 heteroatoms. The molecule has 0 spiro atoms. The first-order valence-electron chi connectivity index (χ1n) is 13.9. The number of furan rings is 1. The number of rotatable bonds is 7. The maximum absolute atomic E-state index is 13.3. The molecule has 38 heavy (non-hydrogen) atoms. The summed E-state index contributed by atoms with van der Waals surface area (Å²) in [5.41, 5.74) is 0.595. The minimum atomic E-state index is -0.824. The predicted octanol–water partition coefficient (Wildman–Crippen LogP) is 4.16. The Morgan fingerprint density at radius 2 is 1.76 bits per heavy atom. The zero-order chi connectivity index (χ0) is 27.2. The zero-order valence-corrected chi connectivity index (χ0v) is 22.6. The Labute approximate surface area is 224 Å². The van der Waals surface area contributed by atoms with Crippen molar-refractivity contribution in [2.75, 3.05) is 6.54 Å². The van der Waals surface area contributed by atoms with Crippen LogP contribution in [0.5, 0.6) is 0 Å². The highest BCUT2D eigenvalue weighted by molar-refractivity contribution is 5.99. The standard InChI is InChI=1S/C29H40N4O5/c1-18(2)15-23(32-28(36)26-16-20-9-7-8-12-25(20)38-26)27(35)31-22-14-13-19(3)33(17-24(22)34)29(37)30-21-10-5-4-6-11-21/h7-9,12,16,18-19,21-23H,4-6,10-11,13-15,17H2,1-3H3,(H,30,37)(H,31,35)(H,32,36)/t19-,22+,23+/m1/s1. The van der Waals surface area contributed by atoms with Crippen molar-refractivity contribution in [3.63, 3.8) is 0 Å². The smallest absolute Gasteiger partial charge is 0.318 e. The second-order valence-corrected chi connectivity index (χ2v) is 11.2. The number of carbonyl (C=O) groups is 4. The third-order valence-electron chi connectivity index (χ3n) is 7.61. The monoisotopic (exact) mass is 524 g/mol. The average Bonchev–Trinajstić information content (AvgIpc) is 3.28. The van der Waals surface area contributed by atoms with Crippen molar-refractivity contribution in [3.05, 3.63) is 36.1 Å². The van der Waals surface area contributed by atoms with Gasteiger partial charge in [0.2, 0.25) is 5.91 Å². The van der Waals surface area contributed by atoms with Crippen LogP contribution in [0.1, 0.15) is 82.7 Å². The molecule has 1 aliphatic carbocycles. The largest absolute Gasteiger partial charge is 0.451 e. The number of likely N-dealkylation sites (tertiary alicyclic amines) is 1. The van der Waals surface area contributed by atoms with Crippen molar-refractivity contribution >= 4 is 34.6 Å². The number of amides is 4. The molecule has 3 N–H and O–H groups in total. The molecule has 0 unspecified atom stereocenters. The second-order valence-electron chi connectivity index (χ2n) is 11.2. The van der Waals surface area contributed by atoms with Gasteiger partial charge in [0, 0.05) is 17.5 Å². The quantitative estimate of drug-likeness (QED) is 0.502. The molecule has 9 nitrogen and oxygen atoms in total. The van der Waals surface area contributed by atoms with Crippen molar-refractivity contribution in [1.29, 1.82) is 0 Å². The summed E-state index contributed by atoms with van der Waals surface area (Å²) < 4.78 is 5.66. The Morgan fingerprint density at radius 1 is 1.03 bits per heavy atom. The van der Waals surface area contributed by atoms with Crippen LogP contribution in [0.25, 0.3) is 11.0 Å². The van der Waals surface area contributed by atoms with Gasteiger partial charge in [-0.2, -0.15) is 0 Å². The van der Waals surface area contributed by atoms with Gasteiger partial charge in [0.1, 0.15) is 11.6 Å². The van der Waals surface area contributed by atoms with Gasteiger partial charge in [-0.3, -0.25) is 14.4 Å². The van der Waals surface area contributed by atoms with Gasteiger partial charge in [-0.1, -0.05) is 51.3 Å². The molecular weight excluding hydrogens is 484 g/mol. The SMILES string of the molecule is CC(C)C[C@H](NC(=O)c1cc2ccccc2o1)C(=O)N[C@H]1CC[C@@H](C)N(C(=O)NC2CCCCC2)CC1=O. The highest BCUT2D eigenvalue weighted by atomic mass is 16.3. The minimum Gasteiger partial charge on any atom is -0.451 e. The number of nitrogens with zero attached hydrogens (tertiary/aromatic N) is 1. The zero-order valence-electron chi connectivity index (χ0n) is 22.6. The van der Waals surface area contributed by atoms with Gasteiger partial charge < -0.3 is 25.3 Å². The van der Waals surface area contributed by atoms with E-state index in [1.54, 1.807) is 17.0 Å². The van der Waals surface area contributed by atoms with Crippen LogP contribution in [0.4, 0.5) is 4.79 Å². The van der Waals surface area contributed by atoms with Crippen molar-refractivity contribution in [2.45, 2.75) is 96.3 Å². The Hall–Kier alpha value is -3.36. The van der Waals surface area contributed by atoms with E-state index < -0.39 is 23.9 Å². The molecule has 206 valence electrons. The number of hydrogen-bond donors (Lipinski definition) is 3. The first kappa shape index (κ1) is 27.7. The Balaban J connectivity index is 1.38. The van der Waals surface area contributed by atoms with Crippen LogP contribution in [0.15, 0.2) is 34.7 Å². The topological polar surface area (TPSA) is 121 Å². The maximum atomic E-state index is 13.3. The van der Waals surface area contributed by atoms with Gasteiger partial charge >= 0.3 is 6.03 Å². The van der Waals surface area contributed by atoms with E-state index in [9.17, 15) is 19.2 Å². The average molecular weight is 525 g/mol. The number of hydrogen-bond acceptors (Lipinski definition) is 5. The highest BCUT2D eigenvalue weighted by Crippen LogP contribution is 2.21. The Morgan fingerprint density at radius 3 is 2.47 bits per heavy atom. The summed E-state index contributed by atoms with van der Waals surface area (Å²) in [7, 11) is 0. The van der Waals surface area contributed by atoms with Gasteiger partial charge in [0.05, 0.1) is 12.6 Å². The molecule has 1 aliphatic heterocycles. The third kappa shape index (κ3) is 6.94. The molecule has 2 aromatic rings. The Bertz CT molecular complexity index is 1120. The van der Waals surface area contributed by atoms with Crippen LogP contribution in [0.2, 0.25) is 0 Å². The van der Waals surface area contributed by atoms with Gasteiger partial charge in [-0.25, -0.2) is 4.79 Å². The van der Waals surface area contributed by atoms with E-state index >= 15 is 0 Å². The maximum Gasteiger partial charge on any atom is 0.318 e. The molecule has 3 atom stereocenters. The van der Waals surface area contributed by atoms with Crippen LogP contribution in [0.3, 0.4) is 0 Å². The molecule has 4 rings (SSSR count). The molecule has 2 aliphatic rings. The van der Waals surface area contributed by atoms with Gasteiger partial charge in [0.25, 0.3) is 5.91 Å². The van der Waals surface area contributed by atoms with Crippen LogP contribution < -0.4 is 16.0 Å². The minimum absolute atomic E-state index is 0.0507. The van der Waals surface area contributed by atoms with Gasteiger partial charge in [-0.15, -0.1) is 0 Å². The molecule has 1 aromatic carbocycles. The van der Waals surface area contributed by atoms with Crippen LogP contribution in [-0.4, -0.2) is 59.2 Å². The van der Waals surface area contributed by atoms with E-state index in [1.165, 1.54) is 6.42 Å². The normalized spacial score (nSPS) is 21.7. The van der Waals surface area contributed by atoms with E-state index in [2.05, 4.69) is 16.0 Å². The number of ketones is 1. The molecule has 0 bridgehead atoms. The Kier molecular flexibility index (Phi) is 9.07. The fourth-order valence-corrected chi connectivity index (χ4v) is 5.39. The number of urea groups is 1. The number of para-hydroxylation sites is 1. The highest BCUT2D eigenvalue weighted by Gasteiger charge is 2.34. The molecule has 4 amide bonds. The summed E-state index contributed by atoms with van der Waals surface area (Å²) in [6.45, 7) is 5.82. The summed E-state index contributed by atoms with van der Waals surface area (Å²) in [5.74, 6) is -0.826. The lowest BCUT2D eigenvalue weighted by Crippen LogP contribution is -2.53. The fourth-order valence-electron chi connectivity index (χ4n) is 5.39. The van der Waals surface area contributed by atoms with E-state index in [-0.39, 0.29) is 42.1 Å². The van der Waals surface area contributed by atoms with Crippen molar-refractivity contribution < 1.29 is 23.6 Å². The molecule has 0 radical (unpaired) electrons. The van der Waals surface area contributed by atoms with E-state index in [0.29, 0.717) is 24.8 Å². The number of carbonyl (C=O) groups excluding carboxylic acids is 4. The summed E-state index contributed by atoms with van der Waals surface area (Å²) in [6, 6.07) is 7.26. The third-order valence-corrected chi connectivity index (χ3v) is 7.61. The predicted molar refractivity (Wildman–Crippen MR) is 145 cm³/mol. The van der Waals surface area contributed by atoms with E-state index in [0.717, 1.165) is 31.1 Å². The molecule has 1 saturated carbocycles. The van der Waals surface area contributed by atoms with Crippen LogP contribution >= 0.6 is 0 Å².